The van der Waals surface area contributed by atoms with Crippen molar-refractivity contribution in [3.8, 4) is 0 Å². The smallest absolute Gasteiger partial charge is 0.303 e. The number of carboxylic acids is 1. The fraction of sp³-hybridized carbons (Fsp3) is 0.417. The van der Waals surface area contributed by atoms with Gasteiger partial charge in [-0.1, -0.05) is 18.6 Å². The fourth-order valence-electron chi connectivity index (χ4n) is 1.55. The highest BCUT2D eigenvalue weighted by Crippen LogP contribution is 2.16. The van der Waals surface area contributed by atoms with Crippen LogP contribution in [0.15, 0.2) is 29.2 Å². The topological polar surface area (TPSA) is 71.4 Å². The lowest BCUT2D eigenvalue weighted by atomic mass is 10.2. The molecule has 0 atom stereocenters. The predicted octanol–water partition coefficient (Wildman–Crippen LogP) is 2.24. The van der Waals surface area contributed by atoms with Crippen LogP contribution in [0.5, 0.6) is 0 Å². The van der Waals surface area contributed by atoms with E-state index in [2.05, 4.69) is 0 Å². The van der Waals surface area contributed by atoms with Gasteiger partial charge in [-0.3, -0.25) is 4.79 Å². The molecule has 0 aliphatic rings. The first-order valence-electron chi connectivity index (χ1n) is 5.62. The summed E-state index contributed by atoms with van der Waals surface area (Å²) in [5.74, 6) is -1.80. The Morgan fingerprint density at radius 2 is 1.83 bits per heavy atom. The lowest BCUT2D eigenvalue weighted by Gasteiger charge is -2.05. The molecule has 0 heterocycles. The molecule has 18 heavy (non-hydrogen) atoms. The SMILES string of the molecule is O=C(O)CCCCCS(=O)(=O)c1ccccc1F. The van der Waals surface area contributed by atoms with Crippen LogP contribution in [0, 0.1) is 5.82 Å². The Bertz CT molecular complexity index is 511. The van der Waals surface area contributed by atoms with Crippen LogP contribution in [0.4, 0.5) is 4.39 Å². The van der Waals surface area contributed by atoms with Gasteiger partial charge in [0.05, 0.1) is 5.75 Å². The van der Waals surface area contributed by atoms with E-state index >= 15 is 0 Å². The molecule has 100 valence electrons. The number of carboxylic acid groups (broad SMARTS) is 1. The molecule has 0 saturated heterocycles. The molecule has 6 heteroatoms. The van der Waals surface area contributed by atoms with E-state index in [9.17, 15) is 17.6 Å². The Balaban J connectivity index is 2.51. The Labute approximate surface area is 105 Å². The highest BCUT2D eigenvalue weighted by atomic mass is 32.2. The number of rotatable bonds is 7. The minimum atomic E-state index is -3.61. The van der Waals surface area contributed by atoms with Crippen molar-refractivity contribution in [2.75, 3.05) is 5.75 Å². The number of hydrogen-bond donors (Lipinski definition) is 1. The Morgan fingerprint density at radius 3 is 2.44 bits per heavy atom. The standard InChI is InChI=1S/C12H15FO4S/c13-10-6-3-4-7-11(10)18(16,17)9-5-1-2-8-12(14)15/h3-4,6-7H,1-2,5,8-9H2,(H,14,15). The number of carbonyl (C=O) groups is 1. The van der Waals surface area contributed by atoms with E-state index in [1.165, 1.54) is 18.2 Å². The average Bonchev–Trinajstić information content (AvgIpc) is 2.28. The first-order valence-corrected chi connectivity index (χ1v) is 7.28. The number of benzene rings is 1. The normalized spacial score (nSPS) is 11.4. The minimum Gasteiger partial charge on any atom is -0.481 e. The van der Waals surface area contributed by atoms with Crippen LogP contribution >= 0.6 is 0 Å². The Kier molecular flexibility index (Phi) is 5.27. The Hall–Kier alpha value is -1.43. The molecule has 0 saturated carbocycles. The molecular formula is C12H15FO4S. The number of unbranched alkanes of at least 4 members (excludes halogenated alkanes) is 2. The van der Waals surface area contributed by atoms with Gasteiger partial charge < -0.3 is 5.11 Å². The third-order valence-electron chi connectivity index (χ3n) is 2.48. The minimum absolute atomic E-state index is 0.0275. The van der Waals surface area contributed by atoms with E-state index in [-0.39, 0.29) is 17.1 Å². The molecule has 0 unspecified atom stereocenters. The summed E-state index contributed by atoms with van der Waals surface area (Å²) in [4.78, 5) is 9.97. The van der Waals surface area contributed by atoms with Gasteiger partial charge >= 0.3 is 5.97 Å². The van der Waals surface area contributed by atoms with E-state index in [0.717, 1.165) is 6.07 Å². The molecule has 4 nitrogen and oxygen atoms in total. The highest BCUT2D eigenvalue weighted by molar-refractivity contribution is 7.91. The quantitative estimate of drug-likeness (QED) is 0.774. The van der Waals surface area contributed by atoms with Crippen LogP contribution in [-0.4, -0.2) is 25.2 Å². The van der Waals surface area contributed by atoms with Crippen molar-refractivity contribution in [2.24, 2.45) is 0 Å². The molecule has 0 bridgehead atoms. The van der Waals surface area contributed by atoms with Crippen molar-refractivity contribution in [1.29, 1.82) is 0 Å². The molecule has 0 fully saturated rings. The van der Waals surface area contributed by atoms with Gasteiger partial charge in [0.25, 0.3) is 0 Å². The van der Waals surface area contributed by atoms with Gasteiger partial charge in [0.15, 0.2) is 9.84 Å². The van der Waals surface area contributed by atoms with Crippen molar-refractivity contribution in [3.63, 3.8) is 0 Å². The van der Waals surface area contributed by atoms with Gasteiger partial charge in [-0.05, 0) is 25.0 Å². The largest absolute Gasteiger partial charge is 0.481 e. The van der Waals surface area contributed by atoms with Crippen molar-refractivity contribution >= 4 is 15.8 Å². The first-order chi connectivity index (χ1) is 8.43. The number of sulfone groups is 1. The van der Waals surface area contributed by atoms with Crippen LogP contribution in [0.2, 0.25) is 0 Å². The average molecular weight is 274 g/mol. The molecule has 0 aromatic heterocycles. The molecule has 1 N–H and O–H groups in total. The lowest BCUT2D eigenvalue weighted by molar-refractivity contribution is -0.137. The summed E-state index contributed by atoms with van der Waals surface area (Å²) in [6.45, 7) is 0. The predicted molar refractivity (Wildman–Crippen MR) is 64.6 cm³/mol. The second-order valence-electron chi connectivity index (χ2n) is 3.95. The van der Waals surface area contributed by atoms with Crippen LogP contribution in [-0.2, 0) is 14.6 Å². The summed E-state index contributed by atoms with van der Waals surface area (Å²) < 4.78 is 36.9. The number of halogens is 1. The molecule has 0 amide bonds. The zero-order chi connectivity index (χ0) is 13.6. The third kappa shape index (κ3) is 4.44. The van der Waals surface area contributed by atoms with Gasteiger partial charge in [0.2, 0.25) is 0 Å². The van der Waals surface area contributed by atoms with Gasteiger partial charge in [0, 0.05) is 6.42 Å². The highest BCUT2D eigenvalue weighted by Gasteiger charge is 2.17. The summed E-state index contributed by atoms with van der Waals surface area (Å²) in [5, 5.41) is 8.42. The fourth-order valence-corrected chi connectivity index (χ4v) is 3.01. The number of aliphatic carboxylic acids is 1. The molecule has 1 aromatic carbocycles. The zero-order valence-corrected chi connectivity index (χ0v) is 10.6. The van der Waals surface area contributed by atoms with E-state index in [0.29, 0.717) is 19.3 Å². The van der Waals surface area contributed by atoms with Crippen LogP contribution in [0.3, 0.4) is 0 Å². The number of hydrogen-bond acceptors (Lipinski definition) is 3. The van der Waals surface area contributed by atoms with Crippen molar-refractivity contribution in [2.45, 2.75) is 30.6 Å². The molecule has 1 rings (SSSR count). The summed E-state index contributed by atoms with van der Waals surface area (Å²) >= 11 is 0. The molecule has 0 aliphatic carbocycles. The van der Waals surface area contributed by atoms with Crippen molar-refractivity contribution in [1.82, 2.24) is 0 Å². The third-order valence-corrected chi connectivity index (χ3v) is 4.30. The molecule has 0 aliphatic heterocycles. The molecular weight excluding hydrogens is 259 g/mol. The van der Waals surface area contributed by atoms with Crippen molar-refractivity contribution in [3.05, 3.63) is 30.1 Å². The summed E-state index contributed by atoms with van der Waals surface area (Å²) in [7, 11) is -3.61. The second-order valence-corrected chi connectivity index (χ2v) is 6.03. The second kappa shape index (κ2) is 6.49. The van der Waals surface area contributed by atoms with E-state index in [1.54, 1.807) is 0 Å². The maximum absolute atomic E-state index is 13.3. The van der Waals surface area contributed by atoms with Crippen molar-refractivity contribution < 1.29 is 22.7 Å². The summed E-state index contributed by atoms with van der Waals surface area (Å²) in [6.07, 6.45) is 1.30. The first kappa shape index (κ1) is 14.6. The van der Waals surface area contributed by atoms with Crippen LogP contribution in [0.25, 0.3) is 0 Å². The summed E-state index contributed by atoms with van der Waals surface area (Å²) in [5.41, 5.74) is 0. The monoisotopic (exact) mass is 274 g/mol. The van der Waals surface area contributed by atoms with E-state index in [4.69, 9.17) is 5.11 Å². The van der Waals surface area contributed by atoms with Gasteiger partial charge in [0.1, 0.15) is 10.7 Å². The molecule has 0 radical (unpaired) electrons. The maximum atomic E-state index is 13.3. The zero-order valence-electron chi connectivity index (χ0n) is 9.80. The van der Waals surface area contributed by atoms with Gasteiger partial charge in [-0.2, -0.15) is 0 Å². The van der Waals surface area contributed by atoms with Crippen LogP contribution in [0.1, 0.15) is 25.7 Å². The van der Waals surface area contributed by atoms with Crippen LogP contribution < -0.4 is 0 Å². The molecule has 1 aromatic rings. The lowest BCUT2D eigenvalue weighted by Crippen LogP contribution is -2.09. The van der Waals surface area contributed by atoms with E-state index < -0.39 is 21.6 Å². The van der Waals surface area contributed by atoms with E-state index in [1.807, 2.05) is 0 Å². The maximum Gasteiger partial charge on any atom is 0.303 e. The summed E-state index contributed by atoms with van der Waals surface area (Å²) in [6, 6.07) is 5.25. The van der Waals surface area contributed by atoms with Gasteiger partial charge in [-0.25, -0.2) is 12.8 Å². The molecule has 0 spiro atoms. The van der Waals surface area contributed by atoms with Gasteiger partial charge in [-0.15, -0.1) is 0 Å². The Morgan fingerprint density at radius 1 is 1.17 bits per heavy atom.